The molecule has 3 heterocycles. The number of hydrogen-bond acceptors (Lipinski definition) is 4. The number of aromatic nitrogens is 4. The Hall–Kier alpha value is -7.63. The Bertz CT molecular complexity index is 3180. The molecule has 5 heteroatoms. The van der Waals surface area contributed by atoms with Gasteiger partial charge in [0.1, 0.15) is 11.2 Å². The van der Waals surface area contributed by atoms with Crippen molar-refractivity contribution in [3.63, 3.8) is 0 Å². The van der Waals surface area contributed by atoms with Crippen LogP contribution in [0.3, 0.4) is 0 Å². The first-order valence-corrected chi connectivity index (χ1v) is 18.8. The van der Waals surface area contributed by atoms with Crippen LogP contribution in [0.2, 0.25) is 0 Å². The summed E-state index contributed by atoms with van der Waals surface area (Å²) < 4.78 is 8.76. The molecule has 56 heavy (non-hydrogen) atoms. The van der Waals surface area contributed by atoms with Crippen LogP contribution in [0.5, 0.6) is 0 Å². The standard InChI is InChI=1S/C51H32N4O/c1-4-15-33(16-5-1)36-21-14-22-37(29-36)38-27-28-45(43(30-38)51-53-49(34-17-6-2-7-18-34)52-50(54-51)35-19-8-3-9-20-35)55-44-25-12-10-23-39(44)41-32-48-42(31-46(41)55)40-24-11-13-26-47(40)56-48/h1-32H. The minimum atomic E-state index is 0.592. The molecule has 0 aliphatic carbocycles. The number of benzene rings is 8. The van der Waals surface area contributed by atoms with E-state index in [9.17, 15) is 0 Å². The first kappa shape index (κ1) is 31.9. The highest BCUT2D eigenvalue weighted by Crippen LogP contribution is 2.41. The van der Waals surface area contributed by atoms with E-state index in [1.165, 1.54) is 5.56 Å². The third-order valence-electron chi connectivity index (χ3n) is 10.7. The minimum Gasteiger partial charge on any atom is -0.456 e. The Morgan fingerprint density at radius 1 is 0.321 bits per heavy atom. The van der Waals surface area contributed by atoms with Gasteiger partial charge in [-0.3, -0.25) is 0 Å². The van der Waals surface area contributed by atoms with Crippen molar-refractivity contribution >= 4 is 43.7 Å². The number of fused-ring (bicyclic) bond motifs is 6. The van der Waals surface area contributed by atoms with Crippen LogP contribution in [0.25, 0.3) is 106 Å². The lowest BCUT2D eigenvalue weighted by Crippen LogP contribution is -2.04. The highest BCUT2D eigenvalue weighted by Gasteiger charge is 2.22. The van der Waals surface area contributed by atoms with Gasteiger partial charge in [0.05, 0.1) is 16.7 Å². The maximum atomic E-state index is 6.40. The van der Waals surface area contributed by atoms with E-state index in [0.29, 0.717) is 17.5 Å². The summed E-state index contributed by atoms with van der Waals surface area (Å²) in [6.45, 7) is 0. The summed E-state index contributed by atoms with van der Waals surface area (Å²) in [5.74, 6) is 1.82. The SMILES string of the molecule is c1ccc(-c2cccc(-c3ccc(-n4c5ccccc5c5cc6oc7ccccc7c6cc54)c(-c4nc(-c5ccccc5)nc(-c5ccccc5)n4)c3)c2)cc1. The van der Waals surface area contributed by atoms with Gasteiger partial charge in [-0.1, -0.05) is 152 Å². The maximum absolute atomic E-state index is 6.40. The van der Waals surface area contributed by atoms with Crippen LogP contribution in [-0.4, -0.2) is 19.5 Å². The first-order valence-electron chi connectivity index (χ1n) is 18.8. The largest absolute Gasteiger partial charge is 0.456 e. The molecule has 0 atom stereocenters. The molecule has 3 aromatic heterocycles. The van der Waals surface area contributed by atoms with Crippen LogP contribution in [0.4, 0.5) is 0 Å². The van der Waals surface area contributed by atoms with Crippen molar-refractivity contribution < 1.29 is 4.42 Å². The lowest BCUT2D eigenvalue weighted by molar-refractivity contribution is 0.669. The predicted octanol–water partition coefficient (Wildman–Crippen LogP) is 13.2. The van der Waals surface area contributed by atoms with E-state index in [1.54, 1.807) is 0 Å². The Morgan fingerprint density at radius 3 is 1.59 bits per heavy atom. The predicted molar refractivity (Wildman–Crippen MR) is 229 cm³/mol. The first-order chi connectivity index (χ1) is 27.7. The van der Waals surface area contributed by atoms with E-state index < -0.39 is 0 Å². The lowest BCUT2D eigenvalue weighted by atomic mass is 9.97. The molecule has 0 amide bonds. The van der Waals surface area contributed by atoms with Gasteiger partial charge in [0, 0.05) is 38.2 Å². The van der Waals surface area contributed by atoms with Crippen molar-refractivity contribution in [1.82, 2.24) is 19.5 Å². The lowest BCUT2D eigenvalue weighted by Gasteiger charge is -2.16. The highest BCUT2D eigenvalue weighted by molar-refractivity contribution is 6.17. The minimum absolute atomic E-state index is 0.592. The van der Waals surface area contributed by atoms with Crippen LogP contribution in [-0.2, 0) is 0 Å². The smallest absolute Gasteiger partial charge is 0.166 e. The zero-order valence-corrected chi connectivity index (χ0v) is 30.2. The molecule has 0 spiro atoms. The van der Waals surface area contributed by atoms with Crippen LogP contribution >= 0.6 is 0 Å². The quantitative estimate of drug-likeness (QED) is 0.172. The molecule has 0 bridgehead atoms. The normalized spacial score (nSPS) is 11.6. The van der Waals surface area contributed by atoms with Crippen molar-refractivity contribution in [3.05, 3.63) is 194 Å². The molecule has 0 fully saturated rings. The Kier molecular flexibility index (Phi) is 7.42. The summed E-state index contributed by atoms with van der Waals surface area (Å²) in [6, 6.07) is 67.5. The summed E-state index contributed by atoms with van der Waals surface area (Å²) in [4.78, 5) is 15.6. The van der Waals surface area contributed by atoms with Crippen molar-refractivity contribution in [2.45, 2.75) is 0 Å². The fraction of sp³-hybridized carbons (Fsp3) is 0. The molecule has 0 aliphatic rings. The van der Waals surface area contributed by atoms with E-state index in [4.69, 9.17) is 19.4 Å². The number of furan rings is 1. The zero-order chi connectivity index (χ0) is 37.0. The zero-order valence-electron chi connectivity index (χ0n) is 30.2. The molecule has 0 radical (unpaired) electrons. The van der Waals surface area contributed by atoms with Gasteiger partial charge in [-0.05, 0) is 64.7 Å². The van der Waals surface area contributed by atoms with Gasteiger partial charge in [0.25, 0.3) is 0 Å². The molecule has 8 aromatic carbocycles. The van der Waals surface area contributed by atoms with Crippen molar-refractivity contribution in [3.8, 4) is 62.1 Å². The summed E-state index contributed by atoms with van der Waals surface area (Å²) in [5, 5.41) is 4.42. The fourth-order valence-electron chi connectivity index (χ4n) is 7.97. The second-order valence-corrected chi connectivity index (χ2v) is 14.0. The van der Waals surface area contributed by atoms with Gasteiger partial charge in [-0.25, -0.2) is 15.0 Å². The van der Waals surface area contributed by atoms with E-state index in [0.717, 1.165) is 82.8 Å². The van der Waals surface area contributed by atoms with E-state index >= 15 is 0 Å². The van der Waals surface area contributed by atoms with Crippen LogP contribution < -0.4 is 0 Å². The second-order valence-electron chi connectivity index (χ2n) is 14.0. The highest BCUT2D eigenvalue weighted by atomic mass is 16.3. The molecule has 0 saturated heterocycles. The second kappa shape index (κ2) is 13.0. The Balaban J connectivity index is 1.22. The van der Waals surface area contributed by atoms with Gasteiger partial charge in [0.15, 0.2) is 17.5 Å². The van der Waals surface area contributed by atoms with Gasteiger partial charge in [0.2, 0.25) is 0 Å². The Morgan fingerprint density at radius 2 is 0.875 bits per heavy atom. The van der Waals surface area contributed by atoms with Crippen LogP contribution in [0.15, 0.2) is 199 Å². The van der Waals surface area contributed by atoms with Gasteiger partial charge in [-0.2, -0.15) is 0 Å². The van der Waals surface area contributed by atoms with E-state index in [1.807, 2.05) is 72.8 Å². The van der Waals surface area contributed by atoms with Crippen LogP contribution in [0, 0.1) is 0 Å². The molecule has 5 nitrogen and oxygen atoms in total. The molecule has 11 aromatic rings. The average Bonchev–Trinajstić information content (AvgIpc) is 3.81. The summed E-state index contributed by atoms with van der Waals surface area (Å²) in [7, 11) is 0. The summed E-state index contributed by atoms with van der Waals surface area (Å²) in [5.41, 5.74) is 12.1. The van der Waals surface area contributed by atoms with E-state index in [2.05, 4.69) is 126 Å². The number of hydrogen-bond donors (Lipinski definition) is 0. The van der Waals surface area contributed by atoms with Gasteiger partial charge in [-0.15, -0.1) is 0 Å². The molecule has 0 aliphatic heterocycles. The van der Waals surface area contributed by atoms with E-state index in [-0.39, 0.29) is 0 Å². The van der Waals surface area contributed by atoms with Crippen molar-refractivity contribution in [2.75, 3.05) is 0 Å². The summed E-state index contributed by atoms with van der Waals surface area (Å²) >= 11 is 0. The molecule has 11 rings (SSSR count). The number of para-hydroxylation sites is 2. The topological polar surface area (TPSA) is 56.7 Å². The molecule has 0 saturated carbocycles. The number of rotatable bonds is 6. The van der Waals surface area contributed by atoms with Crippen LogP contribution in [0.1, 0.15) is 0 Å². The van der Waals surface area contributed by atoms with Crippen molar-refractivity contribution in [1.29, 1.82) is 0 Å². The third-order valence-corrected chi connectivity index (χ3v) is 10.7. The Labute approximate surface area is 322 Å². The van der Waals surface area contributed by atoms with Crippen molar-refractivity contribution in [2.24, 2.45) is 0 Å². The molecular formula is C51H32N4O. The molecule has 0 N–H and O–H groups in total. The fourth-order valence-corrected chi connectivity index (χ4v) is 7.97. The maximum Gasteiger partial charge on any atom is 0.166 e. The average molecular weight is 717 g/mol. The summed E-state index contributed by atoms with van der Waals surface area (Å²) in [6.07, 6.45) is 0. The number of nitrogens with zero attached hydrogens (tertiary/aromatic N) is 4. The van der Waals surface area contributed by atoms with Gasteiger partial charge >= 0.3 is 0 Å². The van der Waals surface area contributed by atoms with Gasteiger partial charge < -0.3 is 8.98 Å². The molecule has 262 valence electrons. The monoisotopic (exact) mass is 716 g/mol. The molecular weight excluding hydrogens is 685 g/mol. The third kappa shape index (κ3) is 5.37. The molecule has 0 unspecified atom stereocenters.